The Morgan fingerprint density at radius 3 is 2.31 bits per heavy atom. The van der Waals surface area contributed by atoms with Gasteiger partial charge in [-0.2, -0.15) is 0 Å². The number of sulfone groups is 1. The molecule has 2 unspecified atom stereocenters. The first-order valence-corrected chi connectivity index (χ1v) is 11.9. The van der Waals surface area contributed by atoms with Gasteiger partial charge in [-0.1, -0.05) is 25.5 Å². The maximum atomic E-state index is 13.9. The Morgan fingerprint density at radius 2 is 1.72 bits per heavy atom. The molecule has 157 valence electrons. The average molecular weight is 421 g/mol. The molecule has 3 nitrogen and oxygen atoms in total. The van der Waals surface area contributed by atoms with E-state index in [0.717, 1.165) is 56.7 Å². The van der Waals surface area contributed by atoms with E-state index in [2.05, 4.69) is 12.2 Å². The van der Waals surface area contributed by atoms with Crippen LogP contribution in [0.3, 0.4) is 0 Å². The van der Waals surface area contributed by atoms with Crippen LogP contribution in [0.15, 0.2) is 47.4 Å². The lowest BCUT2D eigenvalue weighted by Crippen LogP contribution is -2.36. The Hall–Kier alpha value is -1.79. The Bertz CT molecular complexity index is 908. The van der Waals surface area contributed by atoms with Gasteiger partial charge in [-0.3, -0.25) is 0 Å². The molecule has 0 saturated carbocycles. The Morgan fingerprint density at radius 1 is 1.07 bits per heavy atom. The molecule has 2 aromatic carbocycles. The second-order valence-corrected chi connectivity index (χ2v) is 9.99. The molecule has 1 N–H and O–H groups in total. The Labute approximate surface area is 172 Å². The first-order valence-electron chi connectivity index (χ1n) is 10.0. The van der Waals surface area contributed by atoms with Crippen LogP contribution in [-0.4, -0.2) is 27.8 Å². The lowest BCUT2D eigenvalue weighted by Gasteiger charge is -2.32. The van der Waals surface area contributed by atoms with Gasteiger partial charge in [-0.25, -0.2) is 17.2 Å². The third kappa shape index (κ3) is 5.64. The third-order valence-electron chi connectivity index (χ3n) is 5.96. The van der Waals surface area contributed by atoms with Crippen LogP contribution in [0.1, 0.15) is 42.7 Å². The van der Waals surface area contributed by atoms with E-state index in [1.54, 1.807) is 24.3 Å². The van der Waals surface area contributed by atoms with Crippen LogP contribution in [0.4, 0.5) is 8.78 Å². The Kier molecular flexibility index (Phi) is 7.06. The molecule has 29 heavy (non-hydrogen) atoms. The summed E-state index contributed by atoms with van der Waals surface area (Å²) in [5.41, 5.74) is 1.43. The molecule has 0 aromatic heterocycles. The molecular formula is C23H28F2NO2S. The van der Waals surface area contributed by atoms with E-state index in [-0.39, 0.29) is 10.8 Å². The van der Waals surface area contributed by atoms with Crippen LogP contribution in [0, 0.1) is 30.4 Å². The van der Waals surface area contributed by atoms with Crippen LogP contribution >= 0.6 is 0 Å². The highest BCUT2D eigenvalue weighted by Crippen LogP contribution is 2.35. The van der Waals surface area contributed by atoms with Crippen molar-refractivity contribution in [1.82, 2.24) is 5.32 Å². The molecule has 1 heterocycles. The molecule has 1 aliphatic heterocycles. The molecule has 0 bridgehead atoms. The Balaban J connectivity index is 1.89. The third-order valence-corrected chi connectivity index (χ3v) is 7.09. The van der Waals surface area contributed by atoms with Crippen molar-refractivity contribution in [3.05, 3.63) is 72.1 Å². The van der Waals surface area contributed by atoms with Crippen molar-refractivity contribution in [3.63, 3.8) is 0 Å². The zero-order valence-electron chi connectivity index (χ0n) is 16.7. The summed E-state index contributed by atoms with van der Waals surface area (Å²) in [5.74, 6) is -0.396. The monoisotopic (exact) mass is 420 g/mol. The number of hydrogen-bond donors (Lipinski definition) is 1. The summed E-state index contributed by atoms with van der Waals surface area (Å²) in [6.07, 6.45) is 4.77. The van der Waals surface area contributed by atoms with E-state index in [9.17, 15) is 17.2 Å². The van der Waals surface area contributed by atoms with Gasteiger partial charge in [0.15, 0.2) is 9.84 Å². The predicted octanol–water partition coefficient (Wildman–Crippen LogP) is 4.73. The minimum atomic E-state index is -3.30. The summed E-state index contributed by atoms with van der Waals surface area (Å²) in [5, 5.41) is 3.43. The van der Waals surface area contributed by atoms with Gasteiger partial charge >= 0.3 is 0 Å². The van der Waals surface area contributed by atoms with Crippen LogP contribution in [0.25, 0.3) is 0 Å². The lowest BCUT2D eigenvalue weighted by molar-refractivity contribution is 0.235. The van der Waals surface area contributed by atoms with Gasteiger partial charge in [-0.15, -0.1) is 0 Å². The number of halogens is 2. The molecule has 0 aliphatic carbocycles. The second kappa shape index (κ2) is 9.35. The van der Waals surface area contributed by atoms with Crippen LogP contribution in [-0.2, 0) is 9.84 Å². The highest BCUT2D eigenvalue weighted by molar-refractivity contribution is 7.90. The molecule has 1 fully saturated rings. The largest absolute Gasteiger partial charge is 0.316 e. The zero-order chi connectivity index (χ0) is 21.0. The van der Waals surface area contributed by atoms with Crippen molar-refractivity contribution in [1.29, 1.82) is 0 Å². The molecule has 3 atom stereocenters. The molecule has 6 heteroatoms. The van der Waals surface area contributed by atoms with Gasteiger partial charge in [0.1, 0.15) is 11.6 Å². The van der Waals surface area contributed by atoms with Crippen molar-refractivity contribution in [2.24, 2.45) is 11.8 Å². The summed E-state index contributed by atoms with van der Waals surface area (Å²) in [4.78, 5) is 0.235. The van der Waals surface area contributed by atoms with Gasteiger partial charge in [0.05, 0.1) is 4.90 Å². The van der Waals surface area contributed by atoms with Crippen molar-refractivity contribution >= 4 is 9.84 Å². The number of rotatable bonds is 7. The summed E-state index contributed by atoms with van der Waals surface area (Å²) in [6, 6.07) is 10.2. The molecule has 3 rings (SSSR count). The average Bonchev–Trinajstić information content (AvgIpc) is 2.67. The minimum Gasteiger partial charge on any atom is -0.316 e. The molecule has 2 aromatic rings. The summed E-state index contributed by atoms with van der Waals surface area (Å²) in [7, 11) is -3.30. The van der Waals surface area contributed by atoms with Gasteiger partial charge in [0, 0.05) is 18.2 Å². The van der Waals surface area contributed by atoms with E-state index >= 15 is 0 Å². The quantitative estimate of drug-likeness (QED) is 0.704. The standard InChI is InChI=1S/C23H28F2NO2S/c1-3-16-10-11-26-15-18(16)6-9-23(19-12-20(24)14-21(25)13-19)17-4-7-22(8-5-17)29(2,27)28/h4-5,7-8,12-14,16,18,23,26H,1,3,6,9-11,15H2,2H3/t16?,18?,23-/m1/s1. The van der Waals surface area contributed by atoms with Crippen molar-refractivity contribution in [2.45, 2.75) is 36.5 Å². The fourth-order valence-electron chi connectivity index (χ4n) is 4.33. The molecule has 0 spiro atoms. The smallest absolute Gasteiger partial charge is 0.175 e. The van der Waals surface area contributed by atoms with E-state index in [0.29, 0.717) is 17.4 Å². The maximum Gasteiger partial charge on any atom is 0.175 e. The maximum absolute atomic E-state index is 13.9. The van der Waals surface area contributed by atoms with E-state index in [4.69, 9.17) is 0 Å². The van der Waals surface area contributed by atoms with Crippen molar-refractivity contribution in [3.8, 4) is 0 Å². The van der Waals surface area contributed by atoms with E-state index in [1.165, 1.54) is 12.1 Å². The lowest BCUT2D eigenvalue weighted by atomic mass is 9.78. The van der Waals surface area contributed by atoms with Gasteiger partial charge in [0.2, 0.25) is 0 Å². The second-order valence-electron chi connectivity index (χ2n) is 7.98. The highest BCUT2D eigenvalue weighted by atomic mass is 32.2. The normalized spacial score (nSPS) is 21.1. The van der Waals surface area contributed by atoms with Crippen LogP contribution in [0.2, 0.25) is 0 Å². The summed E-state index contributed by atoms with van der Waals surface area (Å²) >= 11 is 0. The first kappa shape index (κ1) is 21.9. The van der Waals surface area contributed by atoms with Crippen molar-refractivity contribution in [2.75, 3.05) is 19.3 Å². The highest BCUT2D eigenvalue weighted by Gasteiger charge is 2.25. The fraction of sp³-hybridized carbons (Fsp3) is 0.435. The summed E-state index contributed by atoms with van der Waals surface area (Å²) in [6.45, 7) is 6.01. The molecule has 0 amide bonds. The van der Waals surface area contributed by atoms with Gasteiger partial charge in [0.25, 0.3) is 0 Å². The number of hydrogen-bond acceptors (Lipinski definition) is 3. The van der Waals surface area contributed by atoms with Crippen LogP contribution < -0.4 is 5.32 Å². The topological polar surface area (TPSA) is 46.2 Å². The fourth-order valence-corrected chi connectivity index (χ4v) is 4.96. The molecule has 1 radical (unpaired) electrons. The molecular weight excluding hydrogens is 392 g/mol. The SMILES string of the molecule is [CH2]CC1CCNCC1CC[C@H](c1ccc(S(C)(=O)=O)cc1)c1cc(F)cc(F)c1. The number of benzene rings is 2. The van der Waals surface area contributed by atoms with Crippen molar-refractivity contribution < 1.29 is 17.2 Å². The van der Waals surface area contributed by atoms with Gasteiger partial charge < -0.3 is 5.32 Å². The van der Waals surface area contributed by atoms with E-state index in [1.807, 2.05) is 0 Å². The number of nitrogens with one attached hydrogen (secondary N) is 1. The number of piperidine rings is 1. The van der Waals surface area contributed by atoms with Crippen LogP contribution in [0.5, 0.6) is 0 Å². The first-order chi connectivity index (χ1) is 13.8. The summed E-state index contributed by atoms with van der Waals surface area (Å²) < 4.78 is 51.3. The van der Waals surface area contributed by atoms with Gasteiger partial charge in [-0.05, 0) is 79.6 Å². The molecule has 1 saturated heterocycles. The zero-order valence-corrected chi connectivity index (χ0v) is 17.5. The minimum absolute atomic E-state index is 0.207. The van der Waals surface area contributed by atoms with E-state index < -0.39 is 21.5 Å². The predicted molar refractivity (Wildman–Crippen MR) is 111 cm³/mol. The molecule has 1 aliphatic rings.